The van der Waals surface area contributed by atoms with Crippen molar-refractivity contribution in [3.63, 3.8) is 0 Å². The quantitative estimate of drug-likeness (QED) is 0.750. The van der Waals surface area contributed by atoms with Gasteiger partial charge in [0, 0.05) is 13.1 Å². The van der Waals surface area contributed by atoms with E-state index in [0.29, 0.717) is 13.1 Å². The Balaban J connectivity index is 2.01. The molecular weight excluding hydrogens is 232 g/mol. The Morgan fingerprint density at radius 2 is 1.28 bits per heavy atom. The summed E-state index contributed by atoms with van der Waals surface area (Å²) >= 11 is 0. The third kappa shape index (κ3) is 2.23. The SMILES string of the molecule is CCCCN1C(=O)N[C@H]2[C@@H]1NC(=O)N2CCCC. The van der Waals surface area contributed by atoms with Crippen LogP contribution in [-0.2, 0) is 0 Å². The summed E-state index contributed by atoms with van der Waals surface area (Å²) in [5.74, 6) is 0. The molecule has 0 aliphatic carbocycles. The normalized spacial score (nSPS) is 26.3. The summed E-state index contributed by atoms with van der Waals surface area (Å²) in [5.41, 5.74) is 0. The van der Waals surface area contributed by atoms with Gasteiger partial charge in [0.05, 0.1) is 0 Å². The standard InChI is InChI=1S/C12H22N4O2/c1-3-5-7-15-9-10(14-11(15)17)16(8-6-4-2)12(18)13-9/h9-10H,3-8H2,1-2H3,(H,13,18)(H,14,17)/t9-,10-/m1/s1. The van der Waals surface area contributed by atoms with Crippen LogP contribution in [0.1, 0.15) is 39.5 Å². The molecule has 0 aromatic heterocycles. The third-order valence-corrected chi connectivity index (χ3v) is 3.54. The van der Waals surface area contributed by atoms with Gasteiger partial charge in [0.25, 0.3) is 0 Å². The number of unbranched alkanes of at least 4 members (excludes halogenated alkanes) is 2. The number of amides is 4. The highest BCUT2D eigenvalue weighted by Crippen LogP contribution is 2.22. The van der Waals surface area contributed by atoms with E-state index in [1.807, 2.05) is 0 Å². The van der Waals surface area contributed by atoms with Crippen molar-refractivity contribution in [2.75, 3.05) is 13.1 Å². The lowest BCUT2D eigenvalue weighted by atomic mass is 10.3. The van der Waals surface area contributed by atoms with Gasteiger partial charge < -0.3 is 20.4 Å². The highest BCUT2D eigenvalue weighted by atomic mass is 16.2. The average Bonchev–Trinajstić information content (AvgIpc) is 2.79. The number of carbonyl (C=O) groups is 2. The minimum absolute atomic E-state index is 0.0695. The van der Waals surface area contributed by atoms with Gasteiger partial charge in [0.15, 0.2) is 0 Å². The Hall–Kier alpha value is -1.46. The molecule has 102 valence electrons. The van der Waals surface area contributed by atoms with Gasteiger partial charge in [0.2, 0.25) is 0 Å². The van der Waals surface area contributed by atoms with Crippen molar-refractivity contribution in [1.29, 1.82) is 0 Å². The second-order valence-corrected chi connectivity index (χ2v) is 4.88. The predicted molar refractivity (Wildman–Crippen MR) is 67.9 cm³/mol. The summed E-state index contributed by atoms with van der Waals surface area (Å²) in [5, 5.41) is 5.79. The first kappa shape index (κ1) is 13.0. The first-order valence-corrected chi connectivity index (χ1v) is 6.83. The van der Waals surface area contributed by atoms with Crippen LogP contribution < -0.4 is 10.6 Å². The number of rotatable bonds is 6. The Labute approximate surface area is 108 Å². The van der Waals surface area contributed by atoms with E-state index in [0.717, 1.165) is 25.7 Å². The third-order valence-electron chi connectivity index (χ3n) is 3.54. The summed E-state index contributed by atoms with van der Waals surface area (Å²) < 4.78 is 0. The minimum Gasteiger partial charge on any atom is -0.314 e. The zero-order valence-corrected chi connectivity index (χ0v) is 11.1. The van der Waals surface area contributed by atoms with Gasteiger partial charge in [0.1, 0.15) is 12.3 Å². The molecule has 2 atom stereocenters. The number of carbonyl (C=O) groups excluding carboxylic acids is 2. The molecule has 0 radical (unpaired) electrons. The number of hydrogen-bond donors (Lipinski definition) is 2. The zero-order chi connectivity index (χ0) is 13.1. The lowest BCUT2D eigenvalue weighted by Crippen LogP contribution is -2.43. The zero-order valence-electron chi connectivity index (χ0n) is 11.1. The van der Waals surface area contributed by atoms with Crippen LogP contribution in [0.25, 0.3) is 0 Å². The maximum atomic E-state index is 11.9. The van der Waals surface area contributed by atoms with Crippen LogP contribution in [-0.4, -0.2) is 47.3 Å². The minimum atomic E-state index is -0.201. The number of hydrogen-bond acceptors (Lipinski definition) is 2. The van der Waals surface area contributed by atoms with E-state index >= 15 is 0 Å². The maximum absolute atomic E-state index is 11.9. The molecule has 2 saturated heterocycles. The van der Waals surface area contributed by atoms with Crippen LogP contribution in [0.2, 0.25) is 0 Å². The van der Waals surface area contributed by atoms with E-state index in [4.69, 9.17) is 0 Å². The van der Waals surface area contributed by atoms with E-state index in [-0.39, 0.29) is 24.4 Å². The van der Waals surface area contributed by atoms with E-state index < -0.39 is 0 Å². The first-order valence-electron chi connectivity index (χ1n) is 6.83. The van der Waals surface area contributed by atoms with Gasteiger partial charge in [-0.3, -0.25) is 0 Å². The highest BCUT2D eigenvalue weighted by molar-refractivity contribution is 5.84. The monoisotopic (exact) mass is 254 g/mol. The Bertz CT molecular complexity index is 302. The van der Waals surface area contributed by atoms with Gasteiger partial charge >= 0.3 is 12.1 Å². The smallest absolute Gasteiger partial charge is 0.314 e. The van der Waals surface area contributed by atoms with Crippen molar-refractivity contribution in [3.05, 3.63) is 0 Å². The second kappa shape index (κ2) is 5.46. The van der Waals surface area contributed by atoms with Crippen LogP contribution in [0.3, 0.4) is 0 Å². The molecule has 0 bridgehead atoms. The van der Waals surface area contributed by atoms with Crippen LogP contribution in [0.5, 0.6) is 0 Å². The van der Waals surface area contributed by atoms with E-state index in [1.54, 1.807) is 9.80 Å². The molecule has 2 aliphatic rings. The number of nitrogens with one attached hydrogen (secondary N) is 2. The topological polar surface area (TPSA) is 64.7 Å². The molecule has 0 aromatic carbocycles. The Morgan fingerprint density at radius 1 is 0.889 bits per heavy atom. The molecule has 2 fully saturated rings. The van der Waals surface area contributed by atoms with Crippen molar-refractivity contribution in [2.24, 2.45) is 0 Å². The van der Waals surface area contributed by atoms with E-state index in [2.05, 4.69) is 24.5 Å². The molecule has 4 amide bonds. The van der Waals surface area contributed by atoms with Gasteiger partial charge in [-0.15, -0.1) is 0 Å². The fraction of sp³-hybridized carbons (Fsp3) is 0.833. The van der Waals surface area contributed by atoms with E-state index in [1.165, 1.54) is 0 Å². The van der Waals surface area contributed by atoms with Gasteiger partial charge in [-0.1, -0.05) is 26.7 Å². The molecule has 0 saturated carbocycles. The molecule has 6 nitrogen and oxygen atoms in total. The van der Waals surface area contributed by atoms with Crippen LogP contribution in [0.15, 0.2) is 0 Å². The van der Waals surface area contributed by atoms with Gasteiger partial charge in [-0.25, -0.2) is 9.59 Å². The lowest BCUT2D eigenvalue weighted by Gasteiger charge is -2.21. The number of fused-ring (bicyclic) bond motifs is 1. The summed E-state index contributed by atoms with van der Waals surface area (Å²) in [7, 11) is 0. The summed E-state index contributed by atoms with van der Waals surface area (Å²) in [6, 6.07) is -0.139. The second-order valence-electron chi connectivity index (χ2n) is 4.88. The summed E-state index contributed by atoms with van der Waals surface area (Å²) in [4.78, 5) is 27.2. The molecule has 18 heavy (non-hydrogen) atoms. The van der Waals surface area contributed by atoms with Crippen LogP contribution in [0.4, 0.5) is 9.59 Å². The highest BCUT2D eigenvalue weighted by Gasteiger charge is 2.49. The predicted octanol–water partition coefficient (Wildman–Crippen LogP) is 1.29. The molecule has 2 rings (SSSR count). The summed E-state index contributed by atoms with van der Waals surface area (Å²) in [6.07, 6.45) is 3.59. The molecule has 0 spiro atoms. The Morgan fingerprint density at radius 3 is 1.61 bits per heavy atom. The molecule has 2 heterocycles. The molecule has 0 unspecified atom stereocenters. The molecule has 2 aliphatic heterocycles. The fourth-order valence-electron chi connectivity index (χ4n) is 2.46. The maximum Gasteiger partial charge on any atom is 0.320 e. The summed E-state index contributed by atoms with van der Waals surface area (Å²) in [6.45, 7) is 5.58. The number of nitrogens with zero attached hydrogens (tertiary/aromatic N) is 2. The molecule has 0 aromatic rings. The van der Waals surface area contributed by atoms with Crippen LogP contribution >= 0.6 is 0 Å². The average molecular weight is 254 g/mol. The largest absolute Gasteiger partial charge is 0.320 e. The number of urea groups is 2. The Kier molecular flexibility index (Phi) is 3.93. The lowest BCUT2D eigenvalue weighted by molar-refractivity contribution is 0.195. The molecule has 2 N–H and O–H groups in total. The van der Waals surface area contributed by atoms with Crippen molar-refractivity contribution >= 4 is 12.1 Å². The fourth-order valence-corrected chi connectivity index (χ4v) is 2.46. The van der Waals surface area contributed by atoms with Crippen molar-refractivity contribution in [3.8, 4) is 0 Å². The van der Waals surface area contributed by atoms with Crippen molar-refractivity contribution in [1.82, 2.24) is 20.4 Å². The van der Waals surface area contributed by atoms with Crippen molar-refractivity contribution in [2.45, 2.75) is 51.9 Å². The molecular formula is C12H22N4O2. The van der Waals surface area contributed by atoms with Crippen molar-refractivity contribution < 1.29 is 9.59 Å². The van der Waals surface area contributed by atoms with E-state index in [9.17, 15) is 9.59 Å². The van der Waals surface area contributed by atoms with Crippen LogP contribution in [0, 0.1) is 0 Å². The van der Waals surface area contributed by atoms with Gasteiger partial charge in [-0.05, 0) is 12.8 Å². The molecule has 6 heteroatoms. The van der Waals surface area contributed by atoms with Gasteiger partial charge in [-0.2, -0.15) is 0 Å². The first-order chi connectivity index (χ1) is 8.69.